The Morgan fingerprint density at radius 3 is 2.71 bits per heavy atom. The summed E-state index contributed by atoms with van der Waals surface area (Å²) in [5.41, 5.74) is 2.08. The van der Waals surface area contributed by atoms with Gasteiger partial charge in [-0.3, -0.25) is 0 Å². The Balaban J connectivity index is 1.78. The van der Waals surface area contributed by atoms with E-state index in [1.165, 1.54) is 0 Å². The first-order chi connectivity index (χ1) is 10.1. The standard InChI is InChI=1S/C16H24N2O3/c1-11-3-4-12(9-15(11)21-2)10-17-16(20)18-13-5-7-14(19)8-6-13/h3-4,9,13-14,19H,5-8,10H2,1-2H3,(H2,17,18,20). The van der Waals surface area contributed by atoms with Crippen LogP contribution in [-0.2, 0) is 6.54 Å². The van der Waals surface area contributed by atoms with Gasteiger partial charge in [-0.1, -0.05) is 12.1 Å². The monoisotopic (exact) mass is 292 g/mol. The van der Waals surface area contributed by atoms with Crippen LogP contribution in [0.3, 0.4) is 0 Å². The van der Waals surface area contributed by atoms with E-state index in [9.17, 15) is 9.90 Å². The van der Waals surface area contributed by atoms with Crippen molar-refractivity contribution < 1.29 is 14.6 Å². The quantitative estimate of drug-likeness (QED) is 0.796. The van der Waals surface area contributed by atoms with Crippen LogP contribution in [0.25, 0.3) is 0 Å². The molecule has 5 nitrogen and oxygen atoms in total. The third kappa shape index (κ3) is 4.63. The van der Waals surface area contributed by atoms with Gasteiger partial charge < -0.3 is 20.5 Å². The first kappa shape index (κ1) is 15.6. The zero-order valence-electron chi connectivity index (χ0n) is 12.7. The topological polar surface area (TPSA) is 70.6 Å². The molecule has 0 heterocycles. The number of aryl methyl sites for hydroxylation is 1. The molecule has 116 valence electrons. The molecule has 0 aromatic heterocycles. The van der Waals surface area contributed by atoms with Gasteiger partial charge in [0.1, 0.15) is 5.75 Å². The lowest BCUT2D eigenvalue weighted by molar-refractivity contribution is 0.117. The van der Waals surface area contributed by atoms with Crippen LogP contribution in [0.5, 0.6) is 5.75 Å². The summed E-state index contributed by atoms with van der Waals surface area (Å²) in [5.74, 6) is 0.830. The van der Waals surface area contributed by atoms with Crippen molar-refractivity contribution in [2.45, 2.75) is 51.3 Å². The van der Waals surface area contributed by atoms with Gasteiger partial charge in [0.2, 0.25) is 0 Å². The van der Waals surface area contributed by atoms with Crippen molar-refractivity contribution in [3.8, 4) is 5.75 Å². The zero-order chi connectivity index (χ0) is 15.2. The number of aliphatic hydroxyl groups excluding tert-OH is 1. The van der Waals surface area contributed by atoms with E-state index in [-0.39, 0.29) is 18.2 Å². The van der Waals surface area contributed by atoms with Gasteiger partial charge in [0, 0.05) is 12.6 Å². The number of aliphatic hydroxyl groups is 1. The molecular weight excluding hydrogens is 268 g/mol. The maximum atomic E-state index is 11.9. The lowest BCUT2D eigenvalue weighted by Gasteiger charge is -2.26. The number of amides is 2. The Morgan fingerprint density at radius 2 is 2.05 bits per heavy atom. The molecule has 0 unspecified atom stereocenters. The van der Waals surface area contributed by atoms with Gasteiger partial charge in [-0.2, -0.15) is 0 Å². The molecule has 1 fully saturated rings. The van der Waals surface area contributed by atoms with Crippen LogP contribution in [0, 0.1) is 6.92 Å². The number of nitrogens with one attached hydrogen (secondary N) is 2. The highest BCUT2D eigenvalue weighted by Gasteiger charge is 2.20. The highest BCUT2D eigenvalue weighted by molar-refractivity contribution is 5.74. The summed E-state index contributed by atoms with van der Waals surface area (Å²) in [6, 6.07) is 5.91. The molecule has 0 saturated heterocycles. The first-order valence-electron chi connectivity index (χ1n) is 7.44. The van der Waals surface area contributed by atoms with Crippen molar-refractivity contribution >= 4 is 6.03 Å². The van der Waals surface area contributed by atoms with Crippen molar-refractivity contribution in [3.63, 3.8) is 0 Å². The second-order valence-electron chi connectivity index (χ2n) is 5.64. The second kappa shape index (κ2) is 7.31. The fourth-order valence-corrected chi connectivity index (χ4v) is 2.61. The largest absolute Gasteiger partial charge is 0.496 e. The molecule has 0 spiro atoms. The maximum absolute atomic E-state index is 11.9. The number of carbonyl (C=O) groups is 1. The zero-order valence-corrected chi connectivity index (χ0v) is 12.7. The van der Waals surface area contributed by atoms with Crippen LogP contribution in [-0.4, -0.2) is 30.4 Å². The molecule has 1 aromatic carbocycles. The molecule has 0 radical (unpaired) electrons. The smallest absolute Gasteiger partial charge is 0.315 e. The van der Waals surface area contributed by atoms with Gasteiger partial charge in [0.25, 0.3) is 0 Å². The third-order valence-electron chi connectivity index (χ3n) is 3.96. The molecule has 0 aliphatic heterocycles. The van der Waals surface area contributed by atoms with Crippen LogP contribution >= 0.6 is 0 Å². The van der Waals surface area contributed by atoms with E-state index in [4.69, 9.17) is 4.74 Å². The Labute approximate surface area is 125 Å². The van der Waals surface area contributed by atoms with Crippen molar-refractivity contribution in [3.05, 3.63) is 29.3 Å². The molecule has 1 saturated carbocycles. The van der Waals surface area contributed by atoms with Crippen molar-refractivity contribution in [1.82, 2.24) is 10.6 Å². The van der Waals surface area contributed by atoms with Crippen molar-refractivity contribution in [2.75, 3.05) is 7.11 Å². The molecule has 5 heteroatoms. The minimum absolute atomic E-state index is 0.157. The number of carbonyl (C=O) groups excluding carboxylic acids is 1. The van der Waals surface area contributed by atoms with E-state index in [0.29, 0.717) is 6.54 Å². The Kier molecular flexibility index (Phi) is 5.44. The fourth-order valence-electron chi connectivity index (χ4n) is 2.61. The minimum atomic E-state index is -0.203. The SMILES string of the molecule is COc1cc(CNC(=O)NC2CCC(O)CC2)ccc1C. The molecule has 1 aliphatic rings. The van der Waals surface area contributed by atoms with E-state index in [2.05, 4.69) is 10.6 Å². The van der Waals surface area contributed by atoms with Gasteiger partial charge in [-0.15, -0.1) is 0 Å². The van der Waals surface area contributed by atoms with Crippen LogP contribution in [0.4, 0.5) is 4.79 Å². The number of hydrogen-bond donors (Lipinski definition) is 3. The van der Waals surface area contributed by atoms with Crippen LogP contribution in [0.2, 0.25) is 0 Å². The molecule has 0 atom stereocenters. The van der Waals surface area contributed by atoms with Gasteiger partial charge in [-0.05, 0) is 49.8 Å². The average Bonchev–Trinajstić information content (AvgIpc) is 2.49. The third-order valence-corrected chi connectivity index (χ3v) is 3.96. The van der Waals surface area contributed by atoms with E-state index >= 15 is 0 Å². The highest BCUT2D eigenvalue weighted by Crippen LogP contribution is 2.19. The van der Waals surface area contributed by atoms with E-state index in [1.807, 2.05) is 25.1 Å². The summed E-state index contributed by atoms with van der Waals surface area (Å²) in [5, 5.41) is 15.3. The van der Waals surface area contributed by atoms with Crippen LogP contribution in [0.15, 0.2) is 18.2 Å². The molecule has 0 bridgehead atoms. The average molecular weight is 292 g/mol. The predicted octanol–water partition coefficient (Wildman–Crippen LogP) is 2.11. The number of benzene rings is 1. The van der Waals surface area contributed by atoms with Crippen LogP contribution in [0.1, 0.15) is 36.8 Å². The van der Waals surface area contributed by atoms with Crippen molar-refractivity contribution in [2.24, 2.45) is 0 Å². The molecule has 3 N–H and O–H groups in total. The number of urea groups is 1. The predicted molar refractivity (Wildman–Crippen MR) is 81.4 cm³/mol. The first-order valence-corrected chi connectivity index (χ1v) is 7.44. The summed E-state index contributed by atoms with van der Waals surface area (Å²) in [4.78, 5) is 11.9. The van der Waals surface area contributed by atoms with Crippen molar-refractivity contribution in [1.29, 1.82) is 0 Å². The normalized spacial score (nSPS) is 21.7. The van der Waals surface area contributed by atoms with E-state index < -0.39 is 0 Å². The summed E-state index contributed by atoms with van der Waals surface area (Å²) in [6.07, 6.45) is 3.01. The molecule has 1 aliphatic carbocycles. The number of rotatable bonds is 4. The lowest BCUT2D eigenvalue weighted by Crippen LogP contribution is -2.43. The summed E-state index contributed by atoms with van der Waals surface area (Å²) in [6.45, 7) is 2.46. The molecule has 2 rings (SSSR count). The highest BCUT2D eigenvalue weighted by atomic mass is 16.5. The fraction of sp³-hybridized carbons (Fsp3) is 0.562. The number of methoxy groups -OCH3 is 1. The van der Waals surface area contributed by atoms with E-state index in [0.717, 1.165) is 42.6 Å². The van der Waals surface area contributed by atoms with Gasteiger partial charge in [-0.25, -0.2) is 4.79 Å². The number of ether oxygens (including phenoxy) is 1. The molecular formula is C16H24N2O3. The Morgan fingerprint density at radius 1 is 1.33 bits per heavy atom. The lowest BCUT2D eigenvalue weighted by atomic mass is 9.93. The van der Waals surface area contributed by atoms with Crippen LogP contribution < -0.4 is 15.4 Å². The summed E-state index contributed by atoms with van der Waals surface area (Å²) >= 11 is 0. The second-order valence-corrected chi connectivity index (χ2v) is 5.64. The molecule has 1 aromatic rings. The number of hydrogen-bond acceptors (Lipinski definition) is 3. The Hall–Kier alpha value is -1.75. The summed E-state index contributed by atoms with van der Waals surface area (Å²) < 4.78 is 5.27. The molecule has 21 heavy (non-hydrogen) atoms. The molecule has 2 amide bonds. The van der Waals surface area contributed by atoms with Gasteiger partial charge >= 0.3 is 6.03 Å². The maximum Gasteiger partial charge on any atom is 0.315 e. The van der Waals surface area contributed by atoms with Gasteiger partial charge in [0.05, 0.1) is 13.2 Å². The van der Waals surface area contributed by atoms with Gasteiger partial charge in [0.15, 0.2) is 0 Å². The minimum Gasteiger partial charge on any atom is -0.496 e. The Bertz CT molecular complexity index is 482. The summed E-state index contributed by atoms with van der Waals surface area (Å²) in [7, 11) is 1.64. The van der Waals surface area contributed by atoms with E-state index in [1.54, 1.807) is 7.11 Å².